The van der Waals surface area contributed by atoms with Crippen LogP contribution in [0.1, 0.15) is 38.3 Å². The third-order valence-electron chi connectivity index (χ3n) is 7.96. The predicted molar refractivity (Wildman–Crippen MR) is 132 cm³/mol. The Morgan fingerprint density at radius 3 is 2.69 bits per heavy atom. The van der Waals surface area contributed by atoms with Crippen LogP contribution in [0, 0.1) is 35.4 Å². The summed E-state index contributed by atoms with van der Waals surface area (Å²) in [5, 5.41) is 0. The molecule has 186 valence electrons. The van der Waals surface area contributed by atoms with Gasteiger partial charge in [-0.05, 0) is 80.2 Å². The lowest BCUT2D eigenvalue weighted by Gasteiger charge is -2.47. The number of benzene rings is 1. The molecule has 0 amide bonds. The summed E-state index contributed by atoms with van der Waals surface area (Å²) in [5.41, 5.74) is 2.43. The molecule has 1 aromatic heterocycles. The highest BCUT2D eigenvalue weighted by atomic mass is 32.2. The molecule has 5 rings (SSSR count). The number of hydrogen-bond donors (Lipinski definition) is 1. The summed E-state index contributed by atoms with van der Waals surface area (Å²) in [7, 11) is -3.27. The predicted octanol–water partition coefficient (Wildman–Crippen LogP) is 4.43. The summed E-state index contributed by atoms with van der Waals surface area (Å²) >= 11 is 0. The van der Waals surface area contributed by atoms with Crippen LogP contribution >= 0.6 is 0 Å². The van der Waals surface area contributed by atoms with Crippen LogP contribution in [-0.4, -0.2) is 37.8 Å². The second-order valence-electron chi connectivity index (χ2n) is 10.3. The molecular weight excluding hydrogens is 467 g/mol. The number of allylic oxidation sites excluding steroid dienone is 1. The molecule has 2 heterocycles. The summed E-state index contributed by atoms with van der Waals surface area (Å²) < 4.78 is 45.5. The molecule has 0 spiro atoms. The van der Waals surface area contributed by atoms with E-state index in [1.807, 2.05) is 31.2 Å². The first-order valence-electron chi connectivity index (χ1n) is 12.3. The number of rotatable bonds is 5. The highest BCUT2D eigenvalue weighted by Gasteiger charge is 2.54. The lowest BCUT2D eigenvalue weighted by Crippen LogP contribution is -2.48. The molecule has 0 radical (unpaired) electrons. The van der Waals surface area contributed by atoms with Gasteiger partial charge in [0.1, 0.15) is 11.9 Å². The van der Waals surface area contributed by atoms with E-state index in [0.717, 1.165) is 42.5 Å². The monoisotopic (exact) mass is 498 g/mol. The van der Waals surface area contributed by atoms with Gasteiger partial charge >= 0.3 is 5.97 Å². The van der Waals surface area contributed by atoms with E-state index in [1.54, 1.807) is 12.3 Å². The average molecular weight is 499 g/mol. The van der Waals surface area contributed by atoms with Crippen molar-refractivity contribution in [3.63, 3.8) is 0 Å². The average Bonchev–Trinajstić information content (AvgIpc) is 3.09. The minimum absolute atomic E-state index is 0.0840. The second kappa shape index (κ2) is 9.47. The molecule has 1 aromatic carbocycles. The minimum atomic E-state index is -3.27. The molecule has 2 saturated carbocycles. The van der Waals surface area contributed by atoms with Crippen molar-refractivity contribution in [2.24, 2.45) is 29.6 Å². The van der Waals surface area contributed by atoms with Crippen LogP contribution in [-0.2, 0) is 19.6 Å². The summed E-state index contributed by atoms with van der Waals surface area (Å²) in [4.78, 5) is 17.2. The van der Waals surface area contributed by atoms with Crippen molar-refractivity contribution >= 4 is 22.1 Å². The maximum Gasteiger partial charge on any atom is 0.309 e. The number of pyridine rings is 1. The lowest BCUT2D eigenvalue weighted by molar-refractivity contribution is -0.144. The highest BCUT2D eigenvalue weighted by Crippen LogP contribution is 2.53. The van der Waals surface area contributed by atoms with Crippen LogP contribution < -0.4 is 4.72 Å². The van der Waals surface area contributed by atoms with Gasteiger partial charge in [-0.1, -0.05) is 24.3 Å². The Bertz CT molecular complexity index is 1230. The standard InChI is InChI=1S/C27H31FN2O4S/c1-16-26-24(11-8-21-7-6-18(15-29-21)17-4-3-5-20(28)12-17)23-10-9-22(30-35(2,32)33)13-19(23)14-25(26)27(31)34-16/h3-8,11-12,15-16,19,22-26,30H,9-10,13-14H2,1-2H3/b11-8+/t16-,19+,22-,23-,24+,25-,26+/m1/s1. The molecule has 0 unspecified atom stereocenters. The third kappa shape index (κ3) is 5.19. The number of halogens is 1. The van der Waals surface area contributed by atoms with Gasteiger partial charge in [-0.25, -0.2) is 17.5 Å². The van der Waals surface area contributed by atoms with E-state index in [2.05, 4.69) is 15.8 Å². The number of nitrogens with one attached hydrogen (secondary N) is 1. The Labute approximate surface area is 206 Å². The Kier molecular flexibility index (Phi) is 6.53. The lowest BCUT2D eigenvalue weighted by atomic mass is 9.57. The molecule has 2 aliphatic carbocycles. The second-order valence-corrected chi connectivity index (χ2v) is 12.1. The van der Waals surface area contributed by atoms with Gasteiger partial charge in [0.25, 0.3) is 0 Å². The number of nitrogens with zero attached hydrogens (tertiary/aromatic N) is 1. The summed E-state index contributed by atoms with van der Waals surface area (Å²) in [6.45, 7) is 1.98. The molecule has 7 atom stereocenters. The fourth-order valence-corrected chi connectivity index (χ4v) is 7.40. The van der Waals surface area contributed by atoms with Gasteiger partial charge in [-0.2, -0.15) is 0 Å². The number of carbonyl (C=O) groups excluding carboxylic acids is 1. The Hall–Kier alpha value is -2.58. The molecule has 1 aliphatic heterocycles. The van der Waals surface area contributed by atoms with Gasteiger partial charge in [-0.15, -0.1) is 0 Å². The SMILES string of the molecule is C[C@H]1OC(=O)[C@@H]2C[C@@H]3C[C@H](NS(C)(=O)=O)CC[C@H]3[C@H](/C=C/c3ccc(-c4cccc(F)c4)cn3)[C@H]12. The zero-order chi connectivity index (χ0) is 24.7. The fraction of sp³-hybridized carbons (Fsp3) is 0.481. The van der Waals surface area contributed by atoms with E-state index in [1.165, 1.54) is 18.4 Å². The zero-order valence-corrected chi connectivity index (χ0v) is 20.7. The maximum absolute atomic E-state index is 13.6. The van der Waals surface area contributed by atoms with Crippen molar-refractivity contribution in [1.29, 1.82) is 0 Å². The topological polar surface area (TPSA) is 85.4 Å². The van der Waals surface area contributed by atoms with E-state index < -0.39 is 10.0 Å². The van der Waals surface area contributed by atoms with Crippen LogP contribution in [0.3, 0.4) is 0 Å². The summed E-state index contributed by atoms with van der Waals surface area (Å²) in [5.74, 6) is 0.344. The first-order chi connectivity index (χ1) is 16.7. The normalized spacial score (nSPS) is 32.8. The molecule has 1 saturated heterocycles. The highest BCUT2D eigenvalue weighted by molar-refractivity contribution is 7.88. The number of esters is 1. The van der Waals surface area contributed by atoms with Gasteiger partial charge in [-0.3, -0.25) is 9.78 Å². The van der Waals surface area contributed by atoms with Crippen LogP contribution in [0.15, 0.2) is 48.7 Å². The molecule has 2 aromatic rings. The number of hydrogen-bond acceptors (Lipinski definition) is 5. The van der Waals surface area contributed by atoms with E-state index in [-0.39, 0.29) is 47.6 Å². The number of sulfonamides is 1. The van der Waals surface area contributed by atoms with Crippen molar-refractivity contribution in [1.82, 2.24) is 9.71 Å². The molecule has 3 fully saturated rings. The largest absolute Gasteiger partial charge is 0.462 e. The molecule has 3 aliphatic rings. The van der Waals surface area contributed by atoms with Gasteiger partial charge in [0.2, 0.25) is 10.0 Å². The van der Waals surface area contributed by atoms with Crippen LogP contribution in [0.2, 0.25) is 0 Å². The van der Waals surface area contributed by atoms with E-state index in [0.29, 0.717) is 5.92 Å². The van der Waals surface area contributed by atoms with Crippen molar-refractivity contribution in [2.45, 2.75) is 44.8 Å². The third-order valence-corrected chi connectivity index (χ3v) is 8.72. The van der Waals surface area contributed by atoms with E-state index >= 15 is 0 Å². The molecule has 1 N–H and O–H groups in total. The molecule has 6 nitrogen and oxygen atoms in total. The number of ether oxygens (including phenoxy) is 1. The van der Waals surface area contributed by atoms with E-state index in [9.17, 15) is 17.6 Å². The minimum Gasteiger partial charge on any atom is -0.462 e. The van der Waals surface area contributed by atoms with Crippen LogP contribution in [0.25, 0.3) is 17.2 Å². The van der Waals surface area contributed by atoms with Gasteiger partial charge < -0.3 is 4.74 Å². The van der Waals surface area contributed by atoms with Crippen LogP contribution in [0.5, 0.6) is 0 Å². The number of fused-ring (bicyclic) bond motifs is 2. The van der Waals surface area contributed by atoms with E-state index in [4.69, 9.17) is 4.74 Å². The Morgan fingerprint density at radius 2 is 1.97 bits per heavy atom. The van der Waals surface area contributed by atoms with Gasteiger partial charge in [0.05, 0.1) is 17.9 Å². The first-order valence-corrected chi connectivity index (χ1v) is 14.1. The number of carbonyl (C=O) groups is 1. The summed E-state index contributed by atoms with van der Waals surface area (Å²) in [6.07, 6.45) is 10.2. The van der Waals surface area contributed by atoms with Crippen molar-refractivity contribution in [3.8, 4) is 11.1 Å². The molecule has 35 heavy (non-hydrogen) atoms. The van der Waals surface area contributed by atoms with Crippen LogP contribution in [0.4, 0.5) is 4.39 Å². The maximum atomic E-state index is 13.6. The number of cyclic esters (lactones) is 1. The Morgan fingerprint density at radius 1 is 1.14 bits per heavy atom. The van der Waals surface area contributed by atoms with Crippen molar-refractivity contribution in [3.05, 3.63) is 60.2 Å². The van der Waals surface area contributed by atoms with Crippen molar-refractivity contribution < 1.29 is 22.3 Å². The summed E-state index contributed by atoms with van der Waals surface area (Å²) in [6, 6.07) is 10.2. The van der Waals surface area contributed by atoms with Gasteiger partial charge in [0.15, 0.2) is 0 Å². The Balaban J connectivity index is 1.37. The smallest absolute Gasteiger partial charge is 0.309 e. The van der Waals surface area contributed by atoms with Gasteiger partial charge in [0, 0.05) is 23.7 Å². The zero-order valence-electron chi connectivity index (χ0n) is 19.9. The molecule has 0 bridgehead atoms. The van der Waals surface area contributed by atoms with Crippen molar-refractivity contribution in [2.75, 3.05) is 6.26 Å². The molecule has 8 heteroatoms. The quantitative estimate of drug-likeness (QED) is 0.617. The fourth-order valence-electron chi connectivity index (χ4n) is 6.58. The number of aromatic nitrogens is 1. The molecular formula is C27H31FN2O4S. The first kappa shape index (κ1) is 24.1.